The number of carbonyl (C=O) groups excluding carboxylic acids is 1. The normalized spacial score (nSPS) is 11.6. The number of anilines is 1. The minimum Gasteiger partial charge on any atom is -0.322 e. The fourth-order valence-corrected chi connectivity index (χ4v) is 4.12. The van der Waals surface area contributed by atoms with Crippen molar-refractivity contribution in [3.63, 3.8) is 0 Å². The quantitative estimate of drug-likeness (QED) is 0.531. The molecule has 7 heteroatoms. The summed E-state index contributed by atoms with van der Waals surface area (Å²) in [4.78, 5) is 17.6. The van der Waals surface area contributed by atoms with Crippen LogP contribution in [0.25, 0.3) is 10.9 Å². The number of nitrogens with one attached hydrogen (secondary N) is 2. The number of hydrogen-bond donors (Lipinski definition) is 2. The minimum absolute atomic E-state index is 0.137. The van der Waals surface area contributed by atoms with Crippen LogP contribution in [0, 0.1) is 0 Å². The first-order valence-electron chi connectivity index (χ1n) is 9.67. The van der Waals surface area contributed by atoms with Crippen molar-refractivity contribution in [1.82, 2.24) is 9.71 Å². The number of carbonyl (C=O) groups is 1. The van der Waals surface area contributed by atoms with E-state index in [9.17, 15) is 13.2 Å². The molecular formula is C23H25N3O3S. The van der Waals surface area contributed by atoms with Gasteiger partial charge in [0, 0.05) is 23.3 Å². The van der Waals surface area contributed by atoms with Crippen molar-refractivity contribution in [1.29, 1.82) is 0 Å². The van der Waals surface area contributed by atoms with Crippen molar-refractivity contribution < 1.29 is 13.2 Å². The molecule has 0 atom stereocenters. The summed E-state index contributed by atoms with van der Waals surface area (Å²) in [5.41, 5.74) is 3.41. The molecule has 0 aliphatic heterocycles. The van der Waals surface area contributed by atoms with Crippen molar-refractivity contribution in [3.8, 4) is 0 Å². The maximum atomic E-state index is 13.0. The molecular weight excluding hydrogens is 398 g/mol. The van der Waals surface area contributed by atoms with Gasteiger partial charge >= 0.3 is 0 Å². The summed E-state index contributed by atoms with van der Waals surface area (Å²) in [5.74, 6) is -0.178. The predicted octanol–water partition coefficient (Wildman–Crippen LogP) is 4.22. The number of para-hydroxylation sites is 1. The van der Waals surface area contributed by atoms with Crippen LogP contribution in [0.1, 0.15) is 41.4 Å². The standard InChI is InChI=1S/C23H25N3O3S/c1-4-13-24-30(28,29)15-17-9-11-18(12-10-17)25-23(27)20-14-22(16(2)3)26-21-8-6-5-7-19(20)21/h4-12,14,16,24H,1,13,15H2,2-3H3,(H,25,27). The van der Waals surface area contributed by atoms with Crippen LogP contribution in [-0.4, -0.2) is 25.9 Å². The van der Waals surface area contributed by atoms with Crippen molar-refractivity contribution >= 4 is 32.5 Å². The lowest BCUT2D eigenvalue weighted by Crippen LogP contribution is -2.25. The van der Waals surface area contributed by atoms with Crippen molar-refractivity contribution in [3.05, 3.63) is 84.1 Å². The Balaban J connectivity index is 1.80. The van der Waals surface area contributed by atoms with E-state index >= 15 is 0 Å². The Morgan fingerprint density at radius 3 is 2.50 bits per heavy atom. The molecule has 2 aromatic carbocycles. The maximum Gasteiger partial charge on any atom is 0.256 e. The Hall–Kier alpha value is -3.03. The number of fused-ring (bicyclic) bond motifs is 1. The Kier molecular flexibility index (Phi) is 6.64. The molecule has 0 saturated carbocycles. The summed E-state index contributed by atoms with van der Waals surface area (Å²) >= 11 is 0. The number of rotatable bonds is 8. The van der Waals surface area contributed by atoms with Gasteiger partial charge in [0.2, 0.25) is 10.0 Å². The van der Waals surface area contributed by atoms with Gasteiger partial charge in [0.1, 0.15) is 0 Å². The molecule has 1 aromatic heterocycles. The molecule has 3 rings (SSSR count). The number of pyridine rings is 1. The van der Waals surface area contributed by atoms with E-state index < -0.39 is 10.0 Å². The third kappa shape index (κ3) is 5.31. The third-order valence-corrected chi connectivity index (χ3v) is 5.91. The van der Waals surface area contributed by atoms with E-state index in [1.54, 1.807) is 24.3 Å². The van der Waals surface area contributed by atoms with Gasteiger partial charge < -0.3 is 5.32 Å². The van der Waals surface area contributed by atoms with Crippen LogP contribution in [0.3, 0.4) is 0 Å². The smallest absolute Gasteiger partial charge is 0.256 e. The zero-order chi connectivity index (χ0) is 21.7. The van der Waals surface area contributed by atoms with Gasteiger partial charge in [0.25, 0.3) is 5.91 Å². The molecule has 1 amide bonds. The molecule has 6 nitrogen and oxygen atoms in total. The van der Waals surface area contributed by atoms with Gasteiger partial charge in [-0.1, -0.05) is 50.3 Å². The van der Waals surface area contributed by atoms with Crippen molar-refractivity contribution in [2.24, 2.45) is 0 Å². The van der Waals surface area contributed by atoms with E-state index in [0.29, 0.717) is 16.8 Å². The van der Waals surface area contributed by atoms with Gasteiger partial charge in [-0.05, 0) is 35.7 Å². The lowest BCUT2D eigenvalue weighted by atomic mass is 10.0. The molecule has 3 aromatic rings. The predicted molar refractivity (Wildman–Crippen MR) is 121 cm³/mol. The maximum absolute atomic E-state index is 13.0. The van der Waals surface area contributed by atoms with Gasteiger partial charge in [0.15, 0.2) is 0 Å². The number of aromatic nitrogens is 1. The van der Waals surface area contributed by atoms with E-state index in [0.717, 1.165) is 16.6 Å². The second kappa shape index (κ2) is 9.19. The van der Waals surface area contributed by atoms with Crippen LogP contribution < -0.4 is 10.0 Å². The first-order chi connectivity index (χ1) is 14.3. The van der Waals surface area contributed by atoms with E-state index in [4.69, 9.17) is 0 Å². The van der Waals surface area contributed by atoms with E-state index in [1.165, 1.54) is 6.08 Å². The number of sulfonamides is 1. The summed E-state index contributed by atoms with van der Waals surface area (Å²) in [6, 6.07) is 16.2. The zero-order valence-electron chi connectivity index (χ0n) is 17.1. The minimum atomic E-state index is -3.43. The molecule has 0 saturated heterocycles. The van der Waals surface area contributed by atoms with E-state index in [2.05, 4.69) is 21.6 Å². The fraction of sp³-hybridized carbons (Fsp3) is 0.217. The molecule has 30 heavy (non-hydrogen) atoms. The lowest BCUT2D eigenvalue weighted by Gasteiger charge is -2.12. The van der Waals surface area contributed by atoms with Crippen LogP contribution >= 0.6 is 0 Å². The second-order valence-corrected chi connectivity index (χ2v) is 9.12. The first-order valence-corrected chi connectivity index (χ1v) is 11.3. The Morgan fingerprint density at radius 1 is 1.13 bits per heavy atom. The molecule has 0 radical (unpaired) electrons. The fourth-order valence-electron chi connectivity index (χ4n) is 3.02. The van der Waals surface area contributed by atoms with Gasteiger partial charge in [0.05, 0.1) is 16.8 Å². The molecule has 0 aliphatic rings. The first kappa shape index (κ1) is 21.7. The van der Waals surface area contributed by atoms with E-state index in [-0.39, 0.29) is 24.1 Å². The van der Waals surface area contributed by atoms with Gasteiger partial charge in [-0.3, -0.25) is 9.78 Å². The van der Waals surface area contributed by atoms with Gasteiger partial charge in [-0.25, -0.2) is 13.1 Å². The molecule has 1 heterocycles. The molecule has 0 bridgehead atoms. The van der Waals surface area contributed by atoms with Crippen LogP contribution in [-0.2, 0) is 15.8 Å². The summed E-state index contributed by atoms with van der Waals surface area (Å²) in [6.45, 7) is 7.76. The summed E-state index contributed by atoms with van der Waals surface area (Å²) in [5, 5.41) is 3.68. The summed E-state index contributed by atoms with van der Waals surface area (Å²) < 4.78 is 26.4. The SMILES string of the molecule is C=CCNS(=O)(=O)Cc1ccc(NC(=O)c2cc(C(C)C)nc3ccccc23)cc1. The monoisotopic (exact) mass is 423 g/mol. The summed E-state index contributed by atoms with van der Waals surface area (Å²) in [6.07, 6.45) is 1.49. The number of amides is 1. The number of nitrogens with zero attached hydrogens (tertiary/aromatic N) is 1. The highest BCUT2D eigenvalue weighted by Gasteiger charge is 2.15. The average molecular weight is 424 g/mol. The van der Waals surface area contributed by atoms with E-state index in [1.807, 2.05) is 44.2 Å². The van der Waals surface area contributed by atoms with Crippen LogP contribution in [0.5, 0.6) is 0 Å². The lowest BCUT2D eigenvalue weighted by molar-refractivity contribution is 0.102. The van der Waals surface area contributed by atoms with Crippen molar-refractivity contribution in [2.75, 3.05) is 11.9 Å². The summed E-state index contributed by atoms with van der Waals surface area (Å²) in [7, 11) is -3.43. The number of benzene rings is 2. The topological polar surface area (TPSA) is 88.2 Å². The molecule has 0 spiro atoms. The highest BCUT2D eigenvalue weighted by atomic mass is 32.2. The average Bonchev–Trinajstić information content (AvgIpc) is 2.72. The molecule has 0 unspecified atom stereocenters. The zero-order valence-corrected chi connectivity index (χ0v) is 17.9. The van der Waals surface area contributed by atoms with Gasteiger partial charge in [-0.15, -0.1) is 6.58 Å². The van der Waals surface area contributed by atoms with Crippen LogP contribution in [0.2, 0.25) is 0 Å². The Bertz CT molecular complexity index is 1170. The Morgan fingerprint density at radius 2 is 1.83 bits per heavy atom. The highest BCUT2D eigenvalue weighted by Crippen LogP contribution is 2.23. The van der Waals surface area contributed by atoms with Crippen LogP contribution in [0.15, 0.2) is 67.3 Å². The Labute approximate surface area is 177 Å². The molecule has 156 valence electrons. The van der Waals surface area contributed by atoms with Crippen molar-refractivity contribution in [2.45, 2.75) is 25.5 Å². The second-order valence-electron chi connectivity index (χ2n) is 7.31. The molecule has 0 aliphatic carbocycles. The third-order valence-electron chi connectivity index (χ3n) is 4.59. The molecule has 2 N–H and O–H groups in total. The largest absolute Gasteiger partial charge is 0.322 e. The highest BCUT2D eigenvalue weighted by molar-refractivity contribution is 7.88. The molecule has 0 fully saturated rings. The van der Waals surface area contributed by atoms with Gasteiger partial charge in [-0.2, -0.15) is 0 Å². The van der Waals surface area contributed by atoms with Crippen LogP contribution in [0.4, 0.5) is 5.69 Å². The number of hydrogen-bond acceptors (Lipinski definition) is 4.